The first-order chi connectivity index (χ1) is 30.9. The van der Waals surface area contributed by atoms with Crippen molar-refractivity contribution in [1.29, 1.82) is 0 Å². The smallest absolute Gasteiger partial charge is 0.207 e. The highest BCUT2D eigenvalue weighted by Crippen LogP contribution is 2.63. The van der Waals surface area contributed by atoms with Crippen LogP contribution in [0.2, 0.25) is 0 Å². The van der Waals surface area contributed by atoms with Crippen molar-refractivity contribution in [2.75, 3.05) is 4.90 Å². The van der Waals surface area contributed by atoms with Crippen LogP contribution >= 0.6 is 11.3 Å². The second kappa shape index (κ2) is 14.9. The summed E-state index contributed by atoms with van der Waals surface area (Å²) in [6, 6.07) is 66.4. The quantitative estimate of drug-likeness (QED) is 0.167. The summed E-state index contributed by atoms with van der Waals surface area (Å²) >= 11 is 1.83. The molecule has 2 fully saturated rings. The molecule has 2 bridgehead atoms. The number of hydrogen-bond acceptors (Lipinski definition) is 4. The Hall–Kier alpha value is -6.27. The number of rotatable bonds is 6. The van der Waals surface area contributed by atoms with Crippen molar-refractivity contribution in [2.45, 2.75) is 54.2 Å². The van der Waals surface area contributed by atoms with Gasteiger partial charge in [0, 0.05) is 42.6 Å². The van der Waals surface area contributed by atoms with E-state index in [1.54, 1.807) is 0 Å². The normalized spacial score (nSPS) is 20.9. The maximum atomic E-state index is 15.0. The highest BCUT2D eigenvalue weighted by molar-refractivity contribution is 7.91. The Kier molecular flexibility index (Phi) is 9.10. The number of thiophene rings is 1. The Morgan fingerprint density at radius 1 is 0.476 bits per heavy atom. The molecule has 0 amide bonds. The number of fused-ring (bicyclic) bond motifs is 5. The van der Waals surface area contributed by atoms with Crippen LogP contribution in [0.5, 0.6) is 0 Å². The van der Waals surface area contributed by atoms with E-state index in [9.17, 15) is 0 Å². The molecule has 2 aliphatic carbocycles. The van der Waals surface area contributed by atoms with Gasteiger partial charge in [0.15, 0.2) is 0 Å². The van der Waals surface area contributed by atoms with Gasteiger partial charge in [0.25, 0.3) is 0 Å². The highest BCUT2D eigenvalue weighted by Gasteiger charge is 2.58. The second-order valence-corrected chi connectivity index (χ2v) is 21.1. The molecular formula is C58H47NO2S2. The molecule has 1 aliphatic heterocycles. The van der Waals surface area contributed by atoms with Gasteiger partial charge in [-0.3, -0.25) is 0 Å². The minimum atomic E-state index is -3.80. The van der Waals surface area contributed by atoms with E-state index in [4.69, 9.17) is 0 Å². The SMILES string of the molecule is C[C@@H]1C[C@H]2CCC[C@@H](C1)C21c2ccccc2S(=O)(=O)c2cc(N(c3ccc(-c4ccc(-c5ccccc5)cc4)cc3)c3ccc(-c4ccc5c(c4)sc4ccccc45)cc3)ccc21. The Morgan fingerprint density at radius 2 is 0.984 bits per heavy atom. The molecule has 1 unspecified atom stereocenters. The molecule has 8 aromatic carbocycles. The Balaban J connectivity index is 0.975. The summed E-state index contributed by atoms with van der Waals surface area (Å²) in [6.45, 7) is 2.39. The minimum absolute atomic E-state index is 0.305. The first-order valence-corrected chi connectivity index (χ1v) is 24.7. The third-order valence-corrected chi connectivity index (χ3v) is 17.6. The lowest BCUT2D eigenvalue weighted by Crippen LogP contribution is -2.53. The van der Waals surface area contributed by atoms with Crippen LogP contribution in [0.25, 0.3) is 53.6 Å². The van der Waals surface area contributed by atoms with E-state index in [0.717, 1.165) is 70.6 Å². The molecule has 1 spiro atoms. The number of anilines is 3. The predicted octanol–water partition coefficient (Wildman–Crippen LogP) is 15.8. The maximum Gasteiger partial charge on any atom is 0.207 e. The summed E-state index contributed by atoms with van der Waals surface area (Å²) < 4.78 is 32.6. The lowest BCUT2D eigenvalue weighted by Gasteiger charge is -2.57. The number of nitrogens with zero attached hydrogens (tertiary/aromatic N) is 1. The van der Waals surface area contributed by atoms with Crippen LogP contribution in [-0.4, -0.2) is 8.42 Å². The van der Waals surface area contributed by atoms with Crippen molar-refractivity contribution in [3.63, 3.8) is 0 Å². The fourth-order valence-electron chi connectivity index (χ4n) is 11.9. The maximum absolute atomic E-state index is 15.0. The van der Waals surface area contributed by atoms with Crippen molar-refractivity contribution < 1.29 is 8.42 Å². The van der Waals surface area contributed by atoms with Crippen LogP contribution in [0.4, 0.5) is 17.1 Å². The monoisotopic (exact) mass is 853 g/mol. The van der Waals surface area contributed by atoms with Crippen molar-refractivity contribution in [3.8, 4) is 33.4 Å². The van der Waals surface area contributed by atoms with Gasteiger partial charge in [-0.1, -0.05) is 147 Å². The molecule has 2 heterocycles. The molecule has 9 aromatic rings. The highest BCUT2D eigenvalue weighted by atomic mass is 32.2. The predicted molar refractivity (Wildman–Crippen MR) is 262 cm³/mol. The summed E-state index contributed by atoms with van der Waals surface area (Å²) in [7, 11) is -3.80. The van der Waals surface area contributed by atoms with Crippen LogP contribution < -0.4 is 4.90 Å². The molecular weight excluding hydrogens is 807 g/mol. The van der Waals surface area contributed by atoms with Gasteiger partial charge < -0.3 is 4.90 Å². The Labute approximate surface area is 374 Å². The zero-order chi connectivity index (χ0) is 42.3. The minimum Gasteiger partial charge on any atom is -0.310 e. The standard InChI is InChI=1S/C58H47NO2S2/c1-38-34-45-12-9-13-46(35-38)58(45)52-15-6-8-17-56(52)63(60,61)57-37-49(31-33-53(57)58)59(47-27-22-42(23-28-47)41-20-18-40(19-21-41)39-10-3-2-4-11-39)48-29-24-43(25-30-48)44-26-32-51-50-14-5-7-16-54(50)62-55(51)36-44/h2-8,10-11,14-33,36-38,45-46H,9,12-13,34-35H2,1H3/t38-,45-,46+,58?. The average molecular weight is 854 g/mol. The molecule has 1 aromatic heterocycles. The Morgan fingerprint density at radius 3 is 1.67 bits per heavy atom. The van der Waals surface area contributed by atoms with Gasteiger partial charge in [-0.2, -0.15) is 0 Å². The van der Waals surface area contributed by atoms with Gasteiger partial charge in [0.2, 0.25) is 9.84 Å². The molecule has 3 aliphatic rings. The van der Waals surface area contributed by atoms with E-state index >= 15 is 8.42 Å². The molecule has 3 nitrogen and oxygen atoms in total. The van der Waals surface area contributed by atoms with Gasteiger partial charge in [-0.25, -0.2) is 8.42 Å². The van der Waals surface area contributed by atoms with E-state index in [1.165, 1.54) is 43.3 Å². The first-order valence-electron chi connectivity index (χ1n) is 22.4. The molecule has 0 radical (unpaired) electrons. The van der Waals surface area contributed by atoms with Crippen LogP contribution in [-0.2, 0) is 15.3 Å². The second-order valence-electron chi connectivity index (χ2n) is 18.1. The molecule has 308 valence electrons. The fourth-order valence-corrected chi connectivity index (χ4v) is 14.9. The molecule has 4 atom stereocenters. The van der Waals surface area contributed by atoms with Crippen molar-refractivity contribution >= 4 is 58.4 Å². The lowest BCUT2D eigenvalue weighted by molar-refractivity contribution is 0.0488. The summed E-state index contributed by atoms with van der Waals surface area (Å²) in [5, 5.41) is 2.59. The average Bonchev–Trinajstić information content (AvgIpc) is 3.70. The van der Waals surface area contributed by atoms with Gasteiger partial charge in [0.05, 0.1) is 9.79 Å². The lowest BCUT2D eigenvalue weighted by atomic mass is 9.48. The summed E-state index contributed by atoms with van der Waals surface area (Å²) in [5.41, 5.74) is 11.5. The third kappa shape index (κ3) is 6.15. The zero-order valence-corrected chi connectivity index (χ0v) is 36.9. The third-order valence-electron chi connectivity index (χ3n) is 14.6. The van der Waals surface area contributed by atoms with Gasteiger partial charge in [-0.05, 0) is 143 Å². The van der Waals surface area contributed by atoms with E-state index in [1.807, 2.05) is 35.6 Å². The first kappa shape index (κ1) is 38.4. The molecule has 63 heavy (non-hydrogen) atoms. The van der Waals surface area contributed by atoms with Gasteiger partial charge in [0.1, 0.15) is 0 Å². The van der Waals surface area contributed by atoms with E-state index < -0.39 is 9.84 Å². The number of sulfone groups is 1. The van der Waals surface area contributed by atoms with Crippen molar-refractivity contribution in [2.24, 2.45) is 17.8 Å². The summed E-state index contributed by atoms with van der Waals surface area (Å²) in [6.07, 6.45) is 5.72. The largest absolute Gasteiger partial charge is 0.310 e. The van der Waals surface area contributed by atoms with Crippen molar-refractivity contribution in [1.82, 2.24) is 0 Å². The molecule has 0 saturated heterocycles. The Bertz CT molecular complexity index is 3280. The summed E-state index contributed by atoms with van der Waals surface area (Å²) in [5.74, 6) is 1.45. The van der Waals surface area contributed by atoms with Crippen molar-refractivity contribution in [3.05, 3.63) is 199 Å². The number of hydrogen-bond donors (Lipinski definition) is 0. The van der Waals surface area contributed by atoms with Crippen LogP contribution in [0.3, 0.4) is 0 Å². The van der Waals surface area contributed by atoms with E-state index in [0.29, 0.717) is 27.5 Å². The van der Waals surface area contributed by atoms with Crippen LogP contribution in [0.15, 0.2) is 198 Å². The van der Waals surface area contributed by atoms with Crippen LogP contribution in [0, 0.1) is 17.8 Å². The molecule has 2 saturated carbocycles. The topological polar surface area (TPSA) is 37.4 Å². The fraction of sp³-hybridized carbons (Fsp3) is 0.172. The summed E-state index contributed by atoms with van der Waals surface area (Å²) in [4.78, 5) is 3.20. The molecule has 0 N–H and O–H groups in total. The number of benzene rings is 8. The van der Waals surface area contributed by atoms with E-state index in [-0.39, 0.29) is 5.41 Å². The molecule has 5 heteroatoms. The zero-order valence-electron chi connectivity index (χ0n) is 35.2. The van der Waals surface area contributed by atoms with E-state index in [2.05, 4.69) is 176 Å². The van der Waals surface area contributed by atoms with Gasteiger partial charge >= 0.3 is 0 Å². The molecule has 12 rings (SSSR count). The van der Waals surface area contributed by atoms with Crippen LogP contribution in [0.1, 0.15) is 50.2 Å². The van der Waals surface area contributed by atoms with Gasteiger partial charge in [-0.15, -0.1) is 11.3 Å².